The van der Waals surface area contributed by atoms with Gasteiger partial charge in [-0.25, -0.2) is 0 Å². The van der Waals surface area contributed by atoms with Crippen LogP contribution in [0.2, 0.25) is 0 Å². The fourth-order valence-electron chi connectivity index (χ4n) is 4.26. The number of hydrogen-bond donors (Lipinski definition) is 1. The van der Waals surface area contributed by atoms with Gasteiger partial charge in [0.1, 0.15) is 5.75 Å². The highest BCUT2D eigenvalue weighted by Gasteiger charge is 2.29. The Kier molecular flexibility index (Phi) is 5.55. The fraction of sp³-hybridized carbons (Fsp3) is 0.107. The number of hydrogen-bond acceptors (Lipinski definition) is 4. The van der Waals surface area contributed by atoms with Crippen LogP contribution >= 0.6 is 0 Å². The van der Waals surface area contributed by atoms with E-state index in [2.05, 4.69) is 5.32 Å². The van der Waals surface area contributed by atoms with Crippen LogP contribution in [0, 0.1) is 0 Å². The zero-order valence-electron chi connectivity index (χ0n) is 18.6. The maximum atomic E-state index is 12.6. The molecule has 0 saturated carbocycles. The summed E-state index contributed by atoms with van der Waals surface area (Å²) in [6.07, 6.45) is 0. The molecule has 0 bridgehead atoms. The van der Waals surface area contributed by atoms with Crippen molar-refractivity contribution in [3.63, 3.8) is 0 Å². The van der Waals surface area contributed by atoms with E-state index in [1.54, 1.807) is 41.3 Å². The van der Waals surface area contributed by atoms with Gasteiger partial charge in [-0.15, -0.1) is 0 Å². The molecule has 4 aromatic carbocycles. The molecule has 0 unspecified atom stereocenters. The lowest BCUT2D eigenvalue weighted by Crippen LogP contribution is -2.25. The van der Waals surface area contributed by atoms with Gasteiger partial charge in [-0.3, -0.25) is 14.4 Å². The van der Waals surface area contributed by atoms with Gasteiger partial charge in [0.15, 0.2) is 12.4 Å². The predicted molar refractivity (Wildman–Crippen MR) is 132 cm³/mol. The molecule has 0 aliphatic carbocycles. The van der Waals surface area contributed by atoms with Crippen molar-refractivity contribution in [2.75, 3.05) is 23.4 Å². The van der Waals surface area contributed by atoms with Gasteiger partial charge >= 0.3 is 0 Å². The lowest BCUT2D eigenvalue weighted by molar-refractivity contribution is -0.118. The quantitative estimate of drug-likeness (QED) is 0.399. The van der Waals surface area contributed by atoms with Crippen molar-refractivity contribution in [1.82, 2.24) is 0 Å². The van der Waals surface area contributed by atoms with Crippen LogP contribution in [0.25, 0.3) is 10.8 Å². The maximum absolute atomic E-state index is 12.6. The summed E-state index contributed by atoms with van der Waals surface area (Å²) in [7, 11) is 0. The topological polar surface area (TPSA) is 75.7 Å². The molecule has 1 aliphatic heterocycles. The first-order chi connectivity index (χ1) is 16.6. The molecule has 1 aliphatic rings. The zero-order valence-corrected chi connectivity index (χ0v) is 18.6. The minimum atomic E-state index is -0.318. The summed E-state index contributed by atoms with van der Waals surface area (Å²) >= 11 is 0. The van der Waals surface area contributed by atoms with E-state index in [4.69, 9.17) is 4.74 Å². The molecule has 0 atom stereocenters. The van der Waals surface area contributed by atoms with Gasteiger partial charge in [-0.2, -0.15) is 0 Å². The van der Waals surface area contributed by atoms with Crippen LogP contribution in [-0.2, 0) is 4.79 Å². The number of rotatable bonds is 7. The minimum absolute atomic E-state index is 0.0240. The van der Waals surface area contributed by atoms with E-state index in [0.717, 1.165) is 16.5 Å². The first-order valence-electron chi connectivity index (χ1n) is 11.1. The summed E-state index contributed by atoms with van der Waals surface area (Å²) in [6, 6.07) is 25.0. The highest BCUT2D eigenvalue weighted by atomic mass is 16.5. The van der Waals surface area contributed by atoms with Crippen molar-refractivity contribution >= 4 is 39.7 Å². The van der Waals surface area contributed by atoms with Gasteiger partial charge in [0.2, 0.25) is 0 Å². The van der Waals surface area contributed by atoms with E-state index in [-0.39, 0.29) is 24.2 Å². The van der Waals surface area contributed by atoms with E-state index in [1.165, 1.54) is 0 Å². The van der Waals surface area contributed by atoms with Crippen molar-refractivity contribution in [3.8, 4) is 5.75 Å². The number of anilines is 2. The Balaban J connectivity index is 1.27. The molecule has 0 aromatic heterocycles. The molecule has 5 rings (SSSR count). The van der Waals surface area contributed by atoms with Crippen LogP contribution < -0.4 is 15.0 Å². The van der Waals surface area contributed by atoms with E-state index < -0.39 is 0 Å². The third-order valence-corrected chi connectivity index (χ3v) is 5.90. The monoisotopic (exact) mass is 450 g/mol. The third-order valence-electron chi connectivity index (χ3n) is 5.90. The Morgan fingerprint density at radius 3 is 2.32 bits per heavy atom. The highest BCUT2D eigenvalue weighted by Crippen LogP contribution is 2.40. The molecule has 0 saturated heterocycles. The van der Waals surface area contributed by atoms with Crippen LogP contribution in [0.15, 0.2) is 84.9 Å². The van der Waals surface area contributed by atoms with Gasteiger partial charge in [0.05, 0.1) is 5.69 Å². The molecule has 34 heavy (non-hydrogen) atoms. The highest BCUT2D eigenvalue weighted by molar-refractivity contribution is 6.27. The predicted octanol–water partition coefficient (Wildman–Crippen LogP) is 5.07. The fourth-order valence-corrected chi connectivity index (χ4v) is 4.26. The number of nitrogens with zero attached hydrogens (tertiary/aromatic N) is 1. The summed E-state index contributed by atoms with van der Waals surface area (Å²) in [4.78, 5) is 39.5. The molecule has 2 amide bonds. The summed E-state index contributed by atoms with van der Waals surface area (Å²) in [6.45, 7) is 2.33. The first-order valence-corrected chi connectivity index (χ1v) is 11.1. The molecule has 6 heteroatoms. The minimum Gasteiger partial charge on any atom is -0.484 e. The maximum Gasteiger partial charge on any atom is 0.262 e. The number of benzene rings is 4. The Labute approximate surface area is 196 Å². The number of carbonyl (C=O) groups is 3. The average Bonchev–Trinajstić information content (AvgIpc) is 3.16. The molecule has 168 valence electrons. The normalized spacial score (nSPS) is 12.1. The van der Waals surface area contributed by atoms with Gasteiger partial charge in [-0.1, -0.05) is 42.5 Å². The Morgan fingerprint density at radius 1 is 0.853 bits per heavy atom. The Morgan fingerprint density at radius 2 is 1.59 bits per heavy atom. The van der Waals surface area contributed by atoms with E-state index in [9.17, 15) is 14.4 Å². The summed E-state index contributed by atoms with van der Waals surface area (Å²) < 4.78 is 5.62. The third kappa shape index (κ3) is 3.79. The average molecular weight is 450 g/mol. The first kappa shape index (κ1) is 21.4. The molecule has 1 heterocycles. The lowest BCUT2D eigenvalue weighted by Gasteiger charge is -2.15. The largest absolute Gasteiger partial charge is 0.484 e. The van der Waals surface area contributed by atoms with E-state index >= 15 is 0 Å². The van der Waals surface area contributed by atoms with Crippen molar-refractivity contribution < 1.29 is 19.1 Å². The van der Waals surface area contributed by atoms with Crippen LogP contribution in [0.3, 0.4) is 0 Å². The van der Waals surface area contributed by atoms with Crippen molar-refractivity contribution in [3.05, 3.63) is 102 Å². The smallest absolute Gasteiger partial charge is 0.262 e. The van der Waals surface area contributed by atoms with Crippen molar-refractivity contribution in [2.45, 2.75) is 6.92 Å². The molecule has 0 radical (unpaired) electrons. The van der Waals surface area contributed by atoms with E-state index in [0.29, 0.717) is 34.7 Å². The van der Waals surface area contributed by atoms with Crippen LogP contribution in [-0.4, -0.2) is 30.7 Å². The Hall–Kier alpha value is -4.45. The van der Waals surface area contributed by atoms with Crippen LogP contribution in [0.4, 0.5) is 11.4 Å². The van der Waals surface area contributed by atoms with Gasteiger partial charge in [-0.05, 0) is 49.4 Å². The zero-order chi connectivity index (χ0) is 23.7. The summed E-state index contributed by atoms with van der Waals surface area (Å²) in [5, 5.41) is 4.56. The van der Waals surface area contributed by atoms with Crippen LogP contribution in [0.5, 0.6) is 5.75 Å². The number of ketones is 1. The number of ether oxygens (including phenoxy) is 1. The summed E-state index contributed by atoms with van der Waals surface area (Å²) in [5.41, 5.74) is 3.30. The Bertz CT molecular complexity index is 1410. The summed E-state index contributed by atoms with van der Waals surface area (Å²) in [5.74, 6) is 0.0762. The SMILES string of the molecule is CCN1C(=O)c2cccc3c(NC(=O)COc4ccc(C(=O)c5ccccc5)cc4)ccc1c23. The van der Waals surface area contributed by atoms with Gasteiger partial charge in [0.25, 0.3) is 11.8 Å². The van der Waals surface area contributed by atoms with Crippen LogP contribution in [0.1, 0.15) is 33.2 Å². The van der Waals surface area contributed by atoms with Gasteiger partial charge in [0, 0.05) is 39.7 Å². The van der Waals surface area contributed by atoms with Crippen molar-refractivity contribution in [1.29, 1.82) is 0 Å². The lowest BCUT2D eigenvalue weighted by atomic mass is 10.0. The van der Waals surface area contributed by atoms with E-state index in [1.807, 2.05) is 55.5 Å². The molecule has 4 aromatic rings. The van der Waals surface area contributed by atoms with Gasteiger partial charge < -0.3 is 15.0 Å². The number of carbonyl (C=O) groups excluding carboxylic acids is 3. The number of nitrogens with one attached hydrogen (secondary N) is 1. The molecule has 0 fully saturated rings. The second kappa shape index (κ2) is 8.83. The van der Waals surface area contributed by atoms with Crippen molar-refractivity contribution in [2.24, 2.45) is 0 Å². The number of amides is 2. The standard InChI is InChI=1S/C28H22N2O4/c1-2-30-24-16-15-23(21-9-6-10-22(26(21)24)28(30)33)29-25(31)17-34-20-13-11-19(12-14-20)27(32)18-7-4-3-5-8-18/h3-16H,2,17H2,1H3,(H,29,31). The molecule has 6 nitrogen and oxygen atoms in total. The second-order valence-corrected chi connectivity index (χ2v) is 7.97. The molecular formula is C28H22N2O4. The molecular weight excluding hydrogens is 428 g/mol. The molecule has 1 N–H and O–H groups in total. The molecule has 0 spiro atoms. The second-order valence-electron chi connectivity index (χ2n) is 7.97.